The van der Waals surface area contributed by atoms with Crippen LogP contribution in [0.1, 0.15) is 5.56 Å². The number of rotatable bonds is 2. The van der Waals surface area contributed by atoms with Crippen molar-refractivity contribution >= 4 is 11.0 Å². The third kappa shape index (κ3) is 2.07. The quantitative estimate of drug-likeness (QED) is 0.721. The van der Waals surface area contributed by atoms with E-state index in [1.54, 1.807) is 36.4 Å². The fourth-order valence-electron chi connectivity index (χ4n) is 2.64. The molecule has 0 amide bonds. The Morgan fingerprint density at radius 1 is 1.12 bits per heavy atom. The molecule has 0 saturated carbocycles. The summed E-state index contributed by atoms with van der Waals surface area (Å²) in [6.45, 7) is 0.142. The molecule has 4 rings (SSSR count). The van der Waals surface area contributed by atoms with Gasteiger partial charge in [-0.1, -0.05) is 0 Å². The minimum Gasteiger partial charge on any atom is -0.497 e. The highest BCUT2D eigenvalue weighted by molar-refractivity contribution is 5.83. The van der Waals surface area contributed by atoms with Crippen LogP contribution in [-0.4, -0.2) is 13.9 Å². The molecule has 6 heteroatoms. The van der Waals surface area contributed by atoms with Gasteiger partial charge in [0.15, 0.2) is 17.3 Å². The first-order chi connectivity index (χ1) is 11.7. The summed E-state index contributed by atoms with van der Waals surface area (Å²) in [5, 5.41) is 9.75. The van der Waals surface area contributed by atoms with Crippen molar-refractivity contribution in [2.24, 2.45) is 0 Å². The van der Waals surface area contributed by atoms with E-state index in [1.165, 1.54) is 7.11 Å². The summed E-state index contributed by atoms with van der Waals surface area (Å²) in [7, 11) is 1.53. The molecule has 2 heterocycles. The van der Waals surface area contributed by atoms with E-state index in [0.717, 1.165) is 0 Å². The summed E-state index contributed by atoms with van der Waals surface area (Å²) in [5.41, 5.74) is 0.490. The minimum absolute atomic E-state index is 0.0495. The second-order valence-electron chi connectivity index (χ2n) is 5.18. The van der Waals surface area contributed by atoms with Gasteiger partial charge in [0.2, 0.25) is 12.2 Å². The predicted molar refractivity (Wildman–Crippen MR) is 85.3 cm³/mol. The molecule has 6 nitrogen and oxygen atoms in total. The van der Waals surface area contributed by atoms with Crippen LogP contribution in [0.3, 0.4) is 0 Å². The van der Waals surface area contributed by atoms with E-state index in [4.69, 9.17) is 18.6 Å². The summed E-state index contributed by atoms with van der Waals surface area (Å²) in [6.07, 6.45) is 0. The Balaban J connectivity index is 2.00. The van der Waals surface area contributed by atoms with Crippen LogP contribution in [0.15, 0.2) is 45.6 Å². The van der Waals surface area contributed by atoms with E-state index in [2.05, 4.69) is 0 Å². The molecule has 1 aliphatic rings. The van der Waals surface area contributed by atoms with Crippen molar-refractivity contribution in [3.05, 3.63) is 52.2 Å². The maximum Gasteiger partial charge on any atom is 0.231 e. The van der Waals surface area contributed by atoms with Crippen LogP contribution in [0.4, 0.5) is 0 Å². The molecule has 0 bridgehead atoms. The van der Waals surface area contributed by atoms with Crippen molar-refractivity contribution in [2.75, 3.05) is 13.9 Å². The molecule has 0 unspecified atom stereocenters. The average Bonchev–Trinajstić information content (AvgIpc) is 3.08. The highest BCUT2D eigenvalue weighted by Crippen LogP contribution is 2.37. The van der Waals surface area contributed by atoms with E-state index < -0.39 is 0 Å². The molecule has 0 atom stereocenters. The van der Waals surface area contributed by atoms with Crippen molar-refractivity contribution in [3.63, 3.8) is 0 Å². The normalized spacial score (nSPS) is 12.2. The number of benzene rings is 2. The topological polar surface area (TPSA) is 81.7 Å². The van der Waals surface area contributed by atoms with Crippen LogP contribution < -0.4 is 19.6 Å². The van der Waals surface area contributed by atoms with E-state index in [1.807, 2.05) is 6.07 Å². The van der Waals surface area contributed by atoms with Crippen LogP contribution in [0.5, 0.6) is 17.2 Å². The first-order valence-electron chi connectivity index (χ1n) is 7.16. The fourth-order valence-corrected chi connectivity index (χ4v) is 2.64. The number of nitrogens with zero attached hydrogens (tertiary/aromatic N) is 1. The van der Waals surface area contributed by atoms with E-state index >= 15 is 0 Å². The number of nitriles is 1. The molecule has 0 spiro atoms. The van der Waals surface area contributed by atoms with E-state index in [-0.39, 0.29) is 23.5 Å². The number of fused-ring (bicyclic) bond motifs is 2. The summed E-state index contributed by atoms with van der Waals surface area (Å²) >= 11 is 0. The van der Waals surface area contributed by atoms with Gasteiger partial charge in [0.05, 0.1) is 12.5 Å². The molecule has 0 saturated heterocycles. The molecule has 3 aromatic rings. The van der Waals surface area contributed by atoms with Crippen LogP contribution in [0.25, 0.3) is 22.3 Å². The summed E-state index contributed by atoms with van der Waals surface area (Å²) < 4.78 is 21.6. The molecular formula is C18H11NO5. The molecule has 0 N–H and O–H groups in total. The van der Waals surface area contributed by atoms with Crippen molar-refractivity contribution in [2.45, 2.75) is 0 Å². The SMILES string of the molecule is COc1ccc2c(=O)c(C#N)c(-c3ccc4c(c3)OCO4)oc2c1. The highest BCUT2D eigenvalue weighted by atomic mass is 16.7. The standard InChI is InChI=1S/C18H11NO5/c1-21-11-3-4-12-15(7-11)24-18(13(8-19)17(12)20)10-2-5-14-16(6-10)23-9-22-14/h2-7H,9H2,1H3. The maximum absolute atomic E-state index is 12.6. The molecule has 1 aliphatic heterocycles. The maximum atomic E-state index is 12.6. The third-order valence-electron chi connectivity index (χ3n) is 3.85. The first-order valence-corrected chi connectivity index (χ1v) is 7.16. The summed E-state index contributed by atoms with van der Waals surface area (Å²) in [4.78, 5) is 12.6. The number of ether oxygens (including phenoxy) is 3. The van der Waals surface area contributed by atoms with Gasteiger partial charge in [-0.25, -0.2) is 0 Å². The number of methoxy groups -OCH3 is 1. The monoisotopic (exact) mass is 321 g/mol. The van der Waals surface area contributed by atoms with Gasteiger partial charge in [0.1, 0.15) is 23.0 Å². The zero-order chi connectivity index (χ0) is 16.7. The molecule has 0 aliphatic carbocycles. The molecular weight excluding hydrogens is 310 g/mol. The van der Waals surface area contributed by atoms with Gasteiger partial charge in [-0.05, 0) is 30.3 Å². The Hall–Kier alpha value is -3.46. The Kier molecular flexibility index (Phi) is 3.14. The van der Waals surface area contributed by atoms with Gasteiger partial charge in [0.25, 0.3) is 0 Å². The lowest BCUT2D eigenvalue weighted by molar-refractivity contribution is 0.174. The zero-order valence-corrected chi connectivity index (χ0v) is 12.7. The third-order valence-corrected chi connectivity index (χ3v) is 3.85. The van der Waals surface area contributed by atoms with Crippen molar-refractivity contribution in [1.29, 1.82) is 5.26 Å². The molecule has 0 fully saturated rings. The second-order valence-corrected chi connectivity index (χ2v) is 5.18. The molecule has 24 heavy (non-hydrogen) atoms. The van der Waals surface area contributed by atoms with Crippen LogP contribution in [0, 0.1) is 11.3 Å². The first kappa shape index (κ1) is 14.2. The van der Waals surface area contributed by atoms with Gasteiger partial charge in [0, 0.05) is 11.6 Å². The van der Waals surface area contributed by atoms with Gasteiger partial charge in [-0.15, -0.1) is 0 Å². The molecule has 1 aromatic heterocycles. The largest absolute Gasteiger partial charge is 0.497 e. The Morgan fingerprint density at radius 3 is 2.75 bits per heavy atom. The summed E-state index contributed by atoms with van der Waals surface area (Å²) in [6, 6.07) is 11.9. The van der Waals surface area contributed by atoms with Crippen LogP contribution >= 0.6 is 0 Å². The minimum atomic E-state index is -0.380. The van der Waals surface area contributed by atoms with Crippen LogP contribution in [0.2, 0.25) is 0 Å². The van der Waals surface area contributed by atoms with Gasteiger partial charge >= 0.3 is 0 Å². The highest BCUT2D eigenvalue weighted by Gasteiger charge is 2.20. The Labute approximate surface area is 136 Å². The molecule has 118 valence electrons. The lowest BCUT2D eigenvalue weighted by Crippen LogP contribution is -2.08. The second kappa shape index (κ2) is 5.32. The Morgan fingerprint density at radius 2 is 1.96 bits per heavy atom. The van der Waals surface area contributed by atoms with E-state index in [9.17, 15) is 10.1 Å². The molecule has 2 aromatic carbocycles. The van der Waals surface area contributed by atoms with Crippen molar-refractivity contribution < 1.29 is 18.6 Å². The summed E-state index contributed by atoms with van der Waals surface area (Å²) in [5.74, 6) is 1.92. The van der Waals surface area contributed by atoms with Crippen LogP contribution in [-0.2, 0) is 0 Å². The lowest BCUT2D eigenvalue weighted by atomic mass is 10.0. The average molecular weight is 321 g/mol. The van der Waals surface area contributed by atoms with Gasteiger partial charge < -0.3 is 18.6 Å². The van der Waals surface area contributed by atoms with Crippen molar-refractivity contribution in [1.82, 2.24) is 0 Å². The van der Waals surface area contributed by atoms with Gasteiger partial charge in [-0.3, -0.25) is 4.79 Å². The van der Waals surface area contributed by atoms with E-state index in [0.29, 0.717) is 33.8 Å². The fraction of sp³-hybridized carbons (Fsp3) is 0.111. The zero-order valence-electron chi connectivity index (χ0n) is 12.7. The molecule has 0 radical (unpaired) electrons. The van der Waals surface area contributed by atoms with Gasteiger partial charge in [-0.2, -0.15) is 5.26 Å². The lowest BCUT2D eigenvalue weighted by Gasteiger charge is -2.07. The number of hydrogen-bond acceptors (Lipinski definition) is 6. The smallest absolute Gasteiger partial charge is 0.231 e. The predicted octanol–water partition coefficient (Wildman–Crippen LogP) is 3.07. The Bertz CT molecular complexity index is 1060. The van der Waals surface area contributed by atoms with Crippen molar-refractivity contribution in [3.8, 4) is 34.6 Å². The number of hydrogen-bond donors (Lipinski definition) is 0.